The Bertz CT molecular complexity index is 2600. The molecule has 7 rings (SSSR count). The molecule has 3 amide bonds. The highest BCUT2D eigenvalue weighted by Crippen LogP contribution is 2.40. The van der Waals surface area contributed by atoms with Crippen molar-refractivity contribution in [1.29, 1.82) is 0 Å². The minimum absolute atomic E-state index is 0.0745. The Morgan fingerprint density at radius 3 is 1.90 bits per heavy atom. The quantitative estimate of drug-likeness (QED) is 0.0772. The van der Waals surface area contributed by atoms with Gasteiger partial charge in [0.1, 0.15) is 10.9 Å². The van der Waals surface area contributed by atoms with E-state index in [1.165, 1.54) is 39.2 Å². The summed E-state index contributed by atoms with van der Waals surface area (Å²) in [4.78, 5) is 69.3. The van der Waals surface area contributed by atoms with Gasteiger partial charge in [-0.05, 0) is 65.7 Å². The number of nitrogens with one attached hydrogen (secondary N) is 3. The van der Waals surface area contributed by atoms with Crippen LogP contribution in [0.2, 0.25) is 0 Å². The Morgan fingerprint density at radius 2 is 1.24 bits per heavy atom. The van der Waals surface area contributed by atoms with E-state index in [0.717, 1.165) is 0 Å². The van der Waals surface area contributed by atoms with Gasteiger partial charge in [-0.1, -0.05) is 91.0 Å². The first-order valence-electron chi connectivity index (χ1n) is 18.3. The van der Waals surface area contributed by atoms with Gasteiger partial charge >= 0.3 is 0 Å². The van der Waals surface area contributed by atoms with Crippen molar-refractivity contribution in [2.45, 2.75) is 10.1 Å². The van der Waals surface area contributed by atoms with E-state index in [1.807, 2.05) is 30.3 Å². The molecule has 59 heavy (non-hydrogen) atoms. The third kappa shape index (κ3) is 8.63. The van der Waals surface area contributed by atoms with Crippen LogP contribution in [0.5, 0.6) is 17.2 Å². The SMILES string of the molecule is COc1cc(/C=C(/NC(=O)c2ccccc2)C(=O)Nc2cccc(SC(C(=O)Nc3cccc4c3C(=O)c3ccccc3C4=O)c3ccccc3)c2)cc(OC)c1OC. The van der Waals surface area contributed by atoms with E-state index >= 15 is 0 Å². The lowest BCUT2D eigenvalue weighted by Crippen LogP contribution is -2.30. The Hall–Kier alpha value is -7.44. The molecule has 294 valence electrons. The van der Waals surface area contributed by atoms with E-state index in [1.54, 1.807) is 109 Å². The summed E-state index contributed by atoms with van der Waals surface area (Å²) in [5, 5.41) is 7.73. The molecule has 0 bridgehead atoms. The van der Waals surface area contributed by atoms with Crippen LogP contribution in [0, 0.1) is 0 Å². The maximum Gasteiger partial charge on any atom is 0.272 e. The van der Waals surface area contributed by atoms with Gasteiger partial charge in [0.05, 0.1) is 32.6 Å². The van der Waals surface area contributed by atoms with Crippen molar-refractivity contribution in [3.8, 4) is 17.2 Å². The lowest BCUT2D eigenvalue weighted by atomic mass is 9.83. The number of ether oxygens (including phenoxy) is 3. The molecule has 0 heterocycles. The molecular formula is C47H37N3O8S. The standard InChI is InChI=1S/C47H37N3O8S/c1-56-38-25-28(26-39(57-2)43(38)58-3)24-37(50-45(53)30-16-8-5-9-17-30)46(54)48-31-18-12-19-32(27-31)59-44(29-14-6-4-7-15-29)47(55)49-36-23-13-22-35-40(36)42(52)34-21-11-10-20-33(34)41(35)51/h4-27,44H,1-3H3,(H,48,54)(H,49,55)(H,50,53)/b37-24+. The molecule has 0 saturated carbocycles. The number of hydrogen-bond acceptors (Lipinski definition) is 9. The average Bonchev–Trinajstić information content (AvgIpc) is 3.27. The van der Waals surface area contributed by atoms with Gasteiger partial charge in [0.2, 0.25) is 11.7 Å². The Kier molecular flexibility index (Phi) is 12.0. The Labute approximate surface area is 344 Å². The number of anilines is 2. The number of thioether (sulfide) groups is 1. The molecular weight excluding hydrogens is 767 g/mol. The number of hydrogen-bond donors (Lipinski definition) is 3. The molecule has 0 saturated heterocycles. The Morgan fingerprint density at radius 1 is 0.627 bits per heavy atom. The summed E-state index contributed by atoms with van der Waals surface area (Å²) in [5.74, 6) is -1.13. The number of ketones is 2. The first-order valence-corrected chi connectivity index (χ1v) is 19.2. The van der Waals surface area contributed by atoms with Crippen molar-refractivity contribution in [3.05, 3.63) is 184 Å². The van der Waals surface area contributed by atoms with E-state index in [2.05, 4.69) is 16.0 Å². The summed E-state index contributed by atoms with van der Waals surface area (Å²) in [6.07, 6.45) is 1.49. The summed E-state index contributed by atoms with van der Waals surface area (Å²) in [7, 11) is 4.43. The molecule has 11 nitrogen and oxygen atoms in total. The van der Waals surface area contributed by atoms with Crippen LogP contribution in [0.1, 0.15) is 58.6 Å². The van der Waals surface area contributed by atoms with E-state index < -0.39 is 23.0 Å². The average molecular weight is 804 g/mol. The molecule has 1 aliphatic rings. The van der Waals surface area contributed by atoms with Crippen LogP contribution in [0.15, 0.2) is 150 Å². The number of fused-ring (bicyclic) bond motifs is 2. The molecule has 12 heteroatoms. The molecule has 1 unspecified atom stereocenters. The van der Waals surface area contributed by atoms with Gasteiger partial charge < -0.3 is 30.2 Å². The summed E-state index contributed by atoms with van der Waals surface area (Å²) >= 11 is 1.23. The number of carbonyl (C=O) groups is 5. The van der Waals surface area contributed by atoms with Gasteiger partial charge in [0.25, 0.3) is 11.8 Å². The number of benzene rings is 6. The van der Waals surface area contributed by atoms with Gasteiger partial charge in [-0.3, -0.25) is 24.0 Å². The van der Waals surface area contributed by atoms with Crippen molar-refractivity contribution < 1.29 is 38.2 Å². The summed E-state index contributed by atoms with van der Waals surface area (Å²) in [5.41, 5.74) is 3.00. The molecule has 0 spiro atoms. The zero-order chi connectivity index (χ0) is 41.5. The molecule has 3 N–H and O–H groups in total. The minimum atomic E-state index is -0.819. The molecule has 0 fully saturated rings. The van der Waals surface area contributed by atoms with Crippen LogP contribution in [-0.2, 0) is 9.59 Å². The third-order valence-corrected chi connectivity index (χ3v) is 10.7. The molecule has 6 aromatic carbocycles. The number of rotatable bonds is 13. The lowest BCUT2D eigenvalue weighted by Gasteiger charge is -2.22. The predicted octanol–water partition coefficient (Wildman–Crippen LogP) is 8.37. The molecule has 0 aliphatic heterocycles. The molecule has 6 aromatic rings. The number of amides is 3. The maximum absolute atomic E-state index is 14.2. The zero-order valence-corrected chi connectivity index (χ0v) is 32.9. The topological polar surface area (TPSA) is 149 Å². The normalized spacial score (nSPS) is 12.4. The predicted molar refractivity (Wildman–Crippen MR) is 226 cm³/mol. The second-order valence-corrected chi connectivity index (χ2v) is 14.3. The second-order valence-electron chi connectivity index (χ2n) is 13.1. The first-order chi connectivity index (χ1) is 28.7. The smallest absolute Gasteiger partial charge is 0.272 e. The number of carbonyl (C=O) groups excluding carboxylic acids is 5. The Balaban J connectivity index is 1.17. The first kappa shape index (κ1) is 39.8. The van der Waals surface area contributed by atoms with Crippen LogP contribution in [-0.4, -0.2) is 50.6 Å². The highest BCUT2D eigenvalue weighted by atomic mass is 32.2. The maximum atomic E-state index is 14.2. The fourth-order valence-electron chi connectivity index (χ4n) is 6.62. The van der Waals surface area contributed by atoms with Crippen molar-refractivity contribution in [2.75, 3.05) is 32.0 Å². The van der Waals surface area contributed by atoms with Crippen LogP contribution in [0.25, 0.3) is 6.08 Å². The van der Waals surface area contributed by atoms with E-state index in [-0.39, 0.29) is 39.6 Å². The van der Waals surface area contributed by atoms with E-state index in [4.69, 9.17) is 14.2 Å². The van der Waals surface area contributed by atoms with Crippen LogP contribution in [0.3, 0.4) is 0 Å². The largest absolute Gasteiger partial charge is 0.493 e. The van der Waals surface area contributed by atoms with Gasteiger partial charge in [-0.15, -0.1) is 11.8 Å². The van der Waals surface area contributed by atoms with Crippen LogP contribution in [0.4, 0.5) is 11.4 Å². The van der Waals surface area contributed by atoms with Gasteiger partial charge in [-0.2, -0.15) is 0 Å². The molecule has 0 aromatic heterocycles. The molecule has 1 aliphatic carbocycles. The van der Waals surface area contributed by atoms with Crippen molar-refractivity contribution in [1.82, 2.24) is 5.32 Å². The highest BCUT2D eigenvalue weighted by Gasteiger charge is 2.33. The third-order valence-electron chi connectivity index (χ3n) is 9.42. The minimum Gasteiger partial charge on any atom is -0.493 e. The van der Waals surface area contributed by atoms with Crippen LogP contribution >= 0.6 is 11.8 Å². The summed E-state index contributed by atoms with van der Waals surface area (Å²) in [6, 6.07) is 39.3. The van der Waals surface area contributed by atoms with Gasteiger partial charge in [0.15, 0.2) is 23.1 Å². The fourth-order valence-corrected chi connectivity index (χ4v) is 7.71. The van der Waals surface area contributed by atoms with Crippen molar-refractivity contribution in [2.24, 2.45) is 0 Å². The van der Waals surface area contributed by atoms with E-state index in [0.29, 0.717) is 50.1 Å². The van der Waals surface area contributed by atoms with Crippen molar-refractivity contribution in [3.63, 3.8) is 0 Å². The van der Waals surface area contributed by atoms with Crippen LogP contribution < -0.4 is 30.2 Å². The lowest BCUT2D eigenvalue weighted by molar-refractivity contribution is -0.116. The highest BCUT2D eigenvalue weighted by molar-refractivity contribution is 8.00. The molecule has 1 atom stereocenters. The number of methoxy groups -OCH3 is 3. The second kappa shape index (κ2) is 17.8. The van der Waals surface area contributed by atoms with E-state index in [9.17, 15) is 24.0 Å². The fraction of sp³-hybridized carbons (Fsp3) is 0.0851. The van der Waals surface area contributed by atoms with Gasteiger partial charge in [-0.25, -0.2) is 0 Å². The zero-order valence-electron chi connectivity index (χ0n) is 32.1. The van der Waals surface area contributed by atoms with Gasteiger partial charge in [0, 0.05) is 32.8 Å². The summed E-state index contributed by atoms with van der Waals surface area (Å²) < 4.78 is 16.4. The van der Waals surface area contributed by atoms with Crippen molar-refractivity contribution >= 4 is 58.5 Å². The molecule has 0 radical (unpaired) electrons. The summed E-state index contributed by atoms with van der Waals surface area (Å²) in [6.45, 7) is 0. The monoisotopic (exact) mass is 803 g/mol.